The van der Waals surface area contributed by atoms with E-state index in [2.05, 4.69) is 93.6 Å². The molecule has 0 amide bonds. The molecule has 0 atom stereocenters. The largest absolute Gasteiger partial charge is 0.431 e. The summed E-state index contributed by atoms with van der Waals surface area (Å²) in [7, 11) is -2.57. The fraction of sp³-hybridized carbons (Fsp3) is 0.250. The fourth-order valence-electron chi connectivity index (χ4n) is 3.68. The lowest BCUT2D eigenvalue weighted by atomic mass is 10.1. The Morgan fingerprint density at radius 2 is 0.808 bits per heavy atom. The second-order valence-corrected chi connectivity index (χ2v) is 11.0. The predicted molar refractivity (Wildman–Crippen MR) is 113 cm³/mol. The van der Waals surface area contributed by atoms with Crippen molar-refractivity contribution in [1.82, 2.24) is 0 Å². The van der Waals surface area contributed by atoms with E-state index in [-0.39, 0.29) is 0 Å². The lowest BCUT2D eigenvalue weighted by Crippen LogP contribution is -2.44. The van der Waals surface area contributed by atoms with Gasteiger partial charge in [-0.3, -0.25) is 0 Å². The van der Waals surface area contributed by atoms with Gasteiger partial charge < -0.3 is 4.80 Å². The van der Waals surface area contributed by atoms with Gasteiger partial charge in [0.25, 0.3) is 0 Å². The van der Waals surface area contributed by atoms with Crippen molar-refractivity contribution < 1.29 is 4.80 Å². The Hall–Kier alpha value is -2.16. The summed E-state index contributed by atoms with van der Waals surface area (Å²) in [5, 5.41) is 0. The molecule has 0 saturated carbocycles. The van der Waals surface area contributed by atoms with Crippen LogP contribution in [-0.2, 0) is 18.1 Å². The van der Waals surface area contributed by atoms with E-state index in [0.29, 0.717) is 0 Å². The average molecular weight is 361 g/mol. The second-order valence-electron chi connectivity index (χ2n) is 7.53. The molecule has 134 valence electrons. The van der Waals surface area contributed by atoms with E-state index >= 15 is 0 Å². The number of rotatable bonds is 6. The number of aryl methyl sites for hydroxylation is 3. The summed E-state index contributed by atoms with van der Waals surface area (Å²) in [6, 6.07) is 27.8. The third-order valence-corrected chi connectivity index (χ3v) is 8.46. The minimum atomic E-state index is -2.57. The van der Waals surface area contributed by atoms with Gasteiger partial charge in [0.05, 0.1) is 0 Å². The van der Waals surface area contributed by atoms with Gasteiger partial charge in [-0.15, -0.1) is 0 Å². The van der Waals surface area contributed by atoms with Gasteiger partial charge in [-0.1, -0.05) is 72.8 Å². The van der Waals surface area contributed by atoms with Gasteiger partial charge in [-0.25, -0.2) is 0 Å². The molecule has 0 bridgehead atoms. The molecule has 3 rings (SSSR count). The zero-order valence-electron chi connectivity index (χ0n) is 16.0. The monoisotopic (exact) mass is 360 g/mol. The molecule has 0 aliphatic carbocycles. The molecule has 0 fully saturated rings. The molecular formula is C24H28OSi. The van der Waals surface area contributed by atoms with Crippen LogP contribution in [0, 0.1) is 20.8 Å². The lowest BCUT2D eigenvalue weighted by Gasteiger charge is -2.28. The van der Waals surface area contributed by atoms with E-state index in [0.717, 1.165) is 18.1 Å². The fourth-order valence-corrected chi connectivity index (χ4v) is 7.37. The lowest BCUT2D eigenvalue weighted by molar-refractivity contribution is 0.522. The maximum absolute atomic E-state index is 11.9. The van der Waals surface area contributed by atoms with Gasteiger partial charge in [-0.05, 0) is 72.3 Å². The molecule has 3 aromatic rings. The Morgan fingerprint density at radius 3 is 1.08 bits per heavy atom. The Labute approximate surface area is 158 Å². The number of benzene rings is 3. The van der Waals surface area contributed by atoms with Crippen molar-refractivity contribution in [1.29, 1.82) is 0 Å². The zero-order chi connectivity index (χ0) is 18.6. The Kier molecular flexibility index (Phi) is 5.75. The maximum atomic E-state index is 11.9. The first-order valence-electron chi connectivity index (χ1n) is 9.33. The number of hydrogen-bond acceptors (Lipinski definition) is 1. The highest BCUT2D eigenvalue weighted by atomic mass is 28.4. The van der Waals surface area contributed by atoms with Gasteiger partial charge in [0.15, 0.2) is 0 Å². The highest BCUT2D eigenvalue weighted by Gasteiger charge is 2.33. The molecule has 0 aliphatic rings. The summed E-state index contributed by atoms with van der Waals surface area (Å²) in [5.74, 6) is 0. The first kappa shape index (κ1) is 18.6. The summed E-state index contributed by atoms with van der Waals surface area (Å²) in [6.07, 6.45) is 0. The van der Waals surface area contributed by atoms with Crippen molar-refractivity contribution in [3.8, 4) is 0 Å². The Balaban J connectivity index is 1.96. The minimum absolute atomic E-state index is 0.794. The third kappa shape index (κ3) is 4.51. The summed E-state index contributed by atoms with van der Waals surface area (Å²) in [5.41, 5.74) is 7.66. The van der Waals surface area contributed by atoms with Crippen molar-refractivity contribution in [2.75, 3.05) is 0 Å². The van der Waals surface area contributed by atoms with Crippen LogP contribution in [0.2, 0.25) is 0 Å². The van der Waals surface area contributed by atoms with E-state index in [1.54, 1.807) is 0 Å². The standard InChI is InChI=1S/C24H28OSi/c1-19-10-4-7-13-22(19)16-26(25,17-23-14-8-5-11-20(23)2)18-24-15-9-6-12-21(24)3/h4-15,25H,16-18H2,1-3H3. The molecule has 2 heteroatoms. The molecule has 0 spiro atoms. The highest BCUT2D eigenvalue weighted by molar-refractivity contribution is 6.71. The topological polar surface area (TPSA) is 20.2 Å². The van der Waals surface area contributed by atoms with E-state index in [9.17, 15) is 4.80 Å². The average Bonchev–Trinajstić information content (AvgIpc) is 2.61. The normalized spacial score (nSPS) is 11.5. The van der Waals surface area contributed by atoms with Gasteiger partial charge in [0.2, 0.25) is 8.32 Å². The molecule has 0 unspecified atom stereocenters. The van der Waals surface area contributed by atoms with Crippen molar-refractivity contribution in [2.45, 2.75) is 38.9 Å². The maximum Gasteiger partial charge on any atom is 0.201 e. The van der Waals surface area contributed by atoms with Gasteiger partial charge in [-0.2, -0.15) is 0 Å². The van der Waals surface area contributed by atoms with Crippen LogP contribution in [0.25, 0.3) is 0 Å². The molecule has 0 heterocycles. The number of hydrogen-bond donors (Lipinski definition) is 1. The van der Waals surface area contributed by atoms with E-state index in [4.69, 9.17) is 0 Å². The van der Waals surface area contributed by atoms with Crippen molar-refractivity contribution in [3.05, 3.63) is 106 Å². The molecule has 0 saturated heterocycles. The summed E-state index contributed by atoms with van der Waals surface area (Å²) in [6.45, 7) is 6.43. The van der Waals surface area contributed by atoms with Crippen LogP contribution in [0.1, 0.15) is 33.4 Å². The molecule has 0 radical (unpaired) electrons. The van der Waals surface area contributed by atoms with Crippen LogP contribution in [0.4, 0.5) is 0 Å². The second kappa shape index (κ2) is 8.03. The van der Waals surface area contributed by atoms with Gasteiger partial charge >= 0.3 is 0 Å². The van der Waals surface area contributed by atoms with Crippen molar-refractivity contribution >= 4 is 8.32 Å². The van der Waals surface area contributed by atoms with Crippen LogP contribution in [0.15, 0.2) is 72.8 Å². The van der Waals surface area contributed by atoms with Crippen molar-refractivity contribution in [2.24, 2.45) is 0 Å². The molecule has 1 nitrogen and oxygen atoms in total. The first-order chi connectivity index (χ1) is 12.5. The van der Waals surface area contributed by atoms with E-state index in [1.807, 2.05) is 0 Å². The molecule has 0 aromatic heterocycles. The molecule has 26 heavy (non-hydrogen) atoms. The Bertz CT molecular complexity index is 769. The highest BCUT2D eigenvalue weighted by Crippen LogP contribution is 2.24. The summed E-state index contributed by atoms with van der Waals surface area (Å²) < 4.78 is 0. The van der Waals surface area contributed by atoms with Gasteiger partial charge in [0, 0.05) is 0 Å². The quantitative estimate of drug-likeness (QED) is 0.599. The summed E-state index contributed by atoms with van der Waals surface area (Å²) >= 11 is 0. The van der Waals surface area contributed by atoms with Crippen molar-refractivity contribution in [3.63, 3.8) is 0 Å². The van der Waals surface area contributed by atoms with Crippen LogP contribution in [0.5, 0.6) is 0 Å². The van der Waals surface area contributed by atoms with E-state index < -0.39 is 8.32 Å². The van der Waals surface area contributed by atoms with E-state index in [1.165, 1.54) is 33.4 Å². The zero-order valence-corrected chi connectivity index (χ0v) is 17.0. The minimum Gasteiger partial charge on any atom is -0.431 e. The first-order valence-corrected chi connectivity index (χ1v) is 11.9. The van der Waals surface area contributed by atoms with Crippen LogP contribution in [0.3, 0.4) is 0 Å². The molecule has 3 aromatic carbocycles. The molecule has 1 N–H and O–H groups in total. The van der Waals surface area contributed by atoms with Crippen LogP contribution >= 0.6 is 0 Å². The van der Waals surface area contributed by atoms with Crippen LogP contribution < -0.4 is 0 Å². The SMILES string of the molecule is Cc1ccccc1C[Si](O)(Cc1ccccc1C)Cc1ccccc1C. The summed E-state index contributed by atoms with van der Waals surface area (Å²) in [4.78, 5) is 11.9. The smallest absolute Gasteiger partial charge is 0.201 e. The predicted octanol–water partition coefficient (Wildman–Crippen LogP) is 5.20. The van der Waals surface area contributed by atoms with Gasteiger partial charge in [0.1, 0.15) is 0 Å². The van der Waals surface area contributed by atoms with Crippen LogP contribution in [-0.4, -0.2) is 13.1 Å². The molecular weight excluding hydrogens is 332 g/mol. The Morgan fingerprint density at radius 1 is 0.538 bits per heavy atom. The third-order valence-electron chi connectivity index (χ3n) is 5.34. The molecule has 0 aliphatic heterocycles.